The van der Waals surface area contributed by atoms with Gasteiger partial charge in [0, 0.05) is 11.9 Å². The first-order valence-corrected chi connectivity index (χ1v) is 6.75. The van der Waals surface area contributed by atoms with Gasteiger partial charge >= 0.3 is 0 Å². The SMILES string of the molecule is c1ccc(NCc2ccn(C3CCCC3)n2)cc1. The van der Waals surface area contributed by atoms with Gasteiger partial charge in [-0.3, -0.25) is 4.68 Å². The molecule has 3 rings (SSSR count). The molecule has 1 aromatic carbocycles. The molecular weight excluding hydrogens is 222 g/mol. The quantitative estimate of drug-likeness (QED) is 0.886. The van der Waals surface area contributed by atoms with Crippen LogP contribution in [0.2, 0.25) is 0 Å². The summed E-state index contributed by atoms with van der Waals surface area (Å²) in [7, 11) is 0. The molecular formula is C15H19N3. The Morgan fingerprint density at radius 2 is 1.89 bits per heavy atom. The normalized spacial score (nSPS) is 16.0. The summed E-state index contributed by atoms with van der Waals surface area (Å²) in [4.78, 5) is 0. The van der Waals surface area contributed by atoms with Crippen LogP contribution in [0.15, 0.2) is 42.6 Å². The van der Waals surface area contributed by atoms with E-state index in [1.54, 1.807) is 0 Å². The molecule has 1 aromatic heterocycles. The van der Waals surface area contributed by atoms with Gasteiger partial charge in [0.1, 0.15) is 0 Å². The van der Waals surface area contributed by atoms with Crippen molar-refractivity contribution >= 4 is 5.69 Å². The van der Waals surface area contributed by atoms with Crippen LogP contribution < -0.4 is 5.32 Å². The van der Waals surface area contributed by atoms with Crippen LogP contribution in [0.25, 0.3) is 0 Å². The zero-order chi connectivity index (χ0) is 12.2. The Bertz CT molecular complexity index is 483. The van der Waals surface area contributed by atoms with Gasteiger partial charge in [0.25, 0.3) is 0 Å². The average molecular weight is 241 g/mol. The number of anilines is 1. The summed E-state index contributed by atoms with van der Waals surface area (Å²) in [5.41, 5.74) is 2.26. The van der Waals surface area contributed by atoms with E-state index in [0.29, 0.717) is 6.04 Å². The van der Waals surface area contributed by atoms with Gasteiger partial charge in [-0.15, -0.1) is 0 Å². The molecule has 0 atom stereocenters. The third-order valence-electron chi connectivity index (χ3n) is 3.61. The fourth-order valence-corrected chi connectivity index (χ4v) is 2.59. The van der Waals surface area contributed by atoms with Crippen LogP contribution in [0.1, 0.15) is 37.4 Å². The number of hydrogen-bond acceptors (Lipinski definition) is 2. The first kappa shape index (κ1) is 11.3. The number of para-hydroxylation sites is 1. The van der Waals surface area contributed by atoms with Crippen LogP contribution in [-0.4, -0.2) is 9.78 Å². The molecule has 1 fully saturated rings. The van der Waals surface area contributed by atoms with Gasteiger partial charge in [-0.25, -0.2) is 0 Å². The number of rotatable bonds is 4. The number of hydrogen-bond donors (Lipinski definition) is 1. The predicted molar refractivity (Wildman–Crippen MR) is 73.5 cm³/mol. The summed E-state index contributed by atoms with van der Waals surface area (Å²) in [6, 6.07) is 13.0. The van der Waals surface area contributed by atoms with Gasteiger partial charge < -0.3 is 5.32 Å². The van der Waals surface area contributed by atoms with Gasteiger partial charge in [-0.1, -0.05) is 31.0 Å². The molecule has 1 aliphatic rings. The molecule has 3 nitrogen and oxygen atoms in total. The number of benzene rings is 1. The molecule has 1 aliphatic carbocycles. The smallest absolute Gasteiger partial charge is 0.0815 e. The molecule has 0 amide bonds. The van der Waals surface area contributed by atoms with Crippen molar-refractivity contribution in [3.05, 3.63) is 48.3 Å². The molecule has 0 radical (unpaired) electrons. The molecule has 18 heavy (non-hydrogen) atoms. The van der Waals surface area contributed by atoms with E-state index >= 15 is 0 Å². The summed E-state index contributed by atoms with van der Waals surface area (Å²) < 4.78 is 2.15. The number of nitrogens with zero attached hydrogens (tertiary/aromatic N) is 2. The average Bonchev–Trinajstić information content (AvgIpc) is 3.08. The highest BCUT2D eigenvalue weighted by Crippen LogP contribution is 2.28. The van der Waals surface area contributed by atoms with Crippen molar-refractivity contribution in [2.24, 2.45) is 0 Å². The van der Waals surface area contributed by atoms with Crippen LogP contribution in [0.5, 0.6) is 0 Å². The Balaban J connectivity index is 1.60. The Hall–Kier alpha value is -1.77. The highest BCUT2D eigenvalue weighted by Gasteiger charge is 2.17. The van der Waals surface area contributed by atoms with E-state index in [2.05, 4.69) is 39.5 Å². The third-order valence-corrected chi connectivity index (χ3v) is 3.61. The topological polar surface area (TPSA) is 29.9 Å². The van der Waals surface area contributed by atoms with Gasteiger partial charge in [-0.05, 0) is 31.0 Å². The minimum atomic E-state index is 0.635. The molecule has 0 saturated heterocycles. The molecule has 1 heterocycles. The van der Waals surface area contributed by atoms with Crippen molar-refractivity contribution in [3.8, 4) is 0 Å². The van der Waals surface area contributed by atoms with Crippen molar-refractivity contribution in [3.63, 3.8) is 0 Å². The first-order chi connectivity index (χ1) is 8.92. The van der Waals surface area contributed by atoms with Gasteiger partial charge in [-0.2, -0.15) is 5.10 Å². The lowest BCUT2D eigenvalue weighted by Gasteiger charge is -2.09. The van der Waals surface area contributed by atoms with Crippen LogP contribution in [-0.2, 0) is 6.54 Å². The standard InChI is InChI=1S/C15H19N3/c1-2-6-13(7-3-1)16-12-14-10-11-18(17-14)15-8-4-5-9-15/h1-3,6-7,10-11,15-16H,4-5,8-9,12H2. The van der Waals surface area contributed by atoms with E-state index in [9.17, 15) is 0 Å². The zero-order valence-corrected chi connectivity index (χ0v) is 10.5. The molecule has 0 aliphatic heterocycles. The van der Waals surface area contributed by atoms with Crippen LogP contribution in [0, 0.1) is 0 Å². The molecule has 1 N–H and O–H groups in total. The lowest BCUT2D eigenvalue weighted by atomic mass is 10.3. The summed E-state index contributed by atoms with van der Waals surface area (Å²) in [5.74, 6) is 0. The third kappa shape index (κ3) is 2.55. The molecule has 0 unspecified atom stereocenters. The van der Waals surface area contributed by atoms with Gasteiger partial charge in [0.2, 0.25) is 0 Å². The number of nitrogens with one attached hydrogen (secondary N) is 1. The van der Waals surface area contributed by atoms with E-state index in [1.807, 2.05) is 18.2 Å². The molecule has 0 bridgehead atoms. The Kier molecular flexibility index (Phi) is 3.31. The van der Waals surface area contributed by atoms with Crippen LogP contribution in [0.3, 0.4) is 0 Å². The fourth-order valence-electron chi connectivity index (χ4n) is 2.59. The Morgan fingerprint density at radius 3 is 2.67 bits per heavy atom. The zero-order valence-electron chi connectivity index (χ0n) is 10.5. The molecule has 94 valence electrons. The largest absolute Gasteiger partial charge is 0.379 e. The number of aromatic nitrogens is 2. The Labute approximate surface area is 108 Å². The lowest BCUT2D eigenvalue weighted by molar-refractivity contribution is 0.463. The van der Waals surface area contributed by atoms with E-state index in [1.165, 1.54) is 25.7 Å². The van der Waals surface area contributed by atoms with E-state index in [0.717, 1.165) is 17.9 Å². The van der Waals surface area contributed by atoms with Gasteiger partial charge in [0.15, 0.2) is 0 Å². The van der Waals surface area contributed by atoms with Crippen molar-refractivity contribution in [1.82, 2.24) is 9.78 Å². The van der Waals surface area contributed by atoms with Crippen molar-refractivity contribution in [2.75, 3.05) is 5.32 Å². The second kappa shape index (κ2) is 5.25. The summed E-state index contributed by atoms with van der Waals surface area (Å²) in [5, 5.41) is 8.05. The molecule has 3 heteroatoms. The summed E-state index contributed by atoms with van der Waals surface area (Å²) in [6.07, 6.45) is 7.39. The second-order valence-corrected chi connectivity index (χ2v) is 4.94. The maximum atomic E-state index is 4.66. The van der Waals surface area contributed by atoms with Gasteiger partial charge in [0.05, 0.1) is 18.3 Å². The maximum Gasteiger partial charge on any atom is 0.0815 e. The second-order valence-electron chi connectivity index (χ2n) is 4.94. The van der Waals surface area contributed by atoms with Crippen LogP contribution in [0.4, 0.5) is 5.69 Å². The van der Waals surface area contributed by atoms with Crippen molar-refractivity contribution in [1.29, 1.82) is 0 Å². The Morgan fingerprint density at radius 1 is 1.11 bits per heavy atom. The predicted octanol–water partition coefficient (Wildman–Crippen LogP) is 3.61. The molecule has 2 aromatic rings. The van der Waals surface area contributed by atoms with E-state index < -0.39 is 0 Å². The molecule has 0 spiro atoms. The highest BCUT2D eigenvalue weighted by molar-refractivity contribution is 5.42. The highest BCUT2D eigenvalue weighted by atomic mass is 15.3. The van der Waals surface area contributed by atoms with Crippen molar-refractivity contribution in [2.45, 2.75) is 38.3 Å². The van der Waals surface area contributed by atoms with E-state index in [-0.39, 0.29) is 0 Å². The first-order valence-electron chi connectivity index (χ1n) is 6.75. The lowest BCUT2D eigenvalue weighted by Crippen LogP contribution is -2.07. The summed E-state index contributed by atoms with van der Waals surface area (Å²) >= 11 is 0. The monoisotopic (exact) mass is 241 g/mol. The maximum absolute atomic E-state index is 4.66. The minimum Gasteiger partial charge on any atom is -0.379 e. The van der Waals surface area contributed by atoms with Crippen LogP contribution >= 0.6 is 0 Å². The van der Waals surface area contributed by atoms with Crippen molar-refractivity contribution < 1.29 is 0 Å². The molecule has 1 saturated carbocycles. The fraction of sp³-hybridized carbons (Fsp3) is 0.400. The minimum absolute atomic E-state index is 0.635. The summed E-state index contributed by atoms with van der Waals surface area (Å²) in [6.45, 7) is 0.795. The van der Waals surface area contributed by atoms with E-state index in [4.69, 9.17) is 0 Å².